The number of hydrogen-bond donors (Lipinski definition) is 2. The third-order valence-corrected chi connectivity index (χ3v) is 6.02. The molecule has 0 unspecified atom stereocenters. The first-order valence-electron chi connectivity index (χ1n) is 11.5. The van der Waals surface area contributed by atoms with Gasteiger partial charge in [-0.3, -0.25) is 15.0 Å². The summed E-state index contributed by atoms with van der Waals surface area (Å²) in [6.45, 7) is 8.75. The van der Waals surface area contributed by atoms with E-state index in [4.69, 9.17) is 14.9 Å². The normalized spacial score (nSPS) is 12.3. The van der Waals surface area contributed by atoms with Crippen molar-refractivity contribution in [3.63, 3.8) is 0 Å². The molecular weight excluding hydrogens is 444 g/mol. The first kappa shape index (κ1) is 25.8. The van der Waals surface area contributed by atoms with Crippen LogP contribution in [0, 0.1) is 5.41 Å². The van der Waals surface area contributed by atoms with Crippen molar-refractivity contribution in [1.82, 2.24) is 10.2 Å². The van der Waals surface area contributed by atoms with E-state index >= 15 is 0 Å². The maximum atomic E-state index is 13.4. The van der Waals surface area contributed by atoms with Gasteiger partial charge in [-0.15, -0.1) is 0 Å². The van der Waals surface area contributed by atoms with Gasteiger partial charge in [0.1, 0.15) is 17.3 Å². The standard InChI is InChI=1S/C27H34N4O4/c1-8-35-24-12-19-14-31(27(28)21(19)10-18(24)13-25(33)29-4)15-23(32)17-9-20(16(2)3)26(34-7)22(11-17)30(5)6/h9-12,28H,2,8,13-15H2,1,3-7H3,(H,29,33). The summed E-state index contributed by atoms with van der Waals surface area (Å²) in [6.07, 6.45) is 0.161. The zero-order valence-electron chi connectivity index (χ0n) is 21.4. The highest BCUT2D eigenvalue weighted by Crippen LogP contribution is 2.37. The van der Waals surface area contributed by atoms with Gasteiger partial charge in [0, 0.05) is 49.9 Å². The van der Waals surface area contributed by atoms with Gasteiger partial charge in [-0.05, 0) is 49.2 Å². The van der Waals surface area contributed by atoms with Crippen LogP contribution in [0.15, 0.2) is 30.8 Å². The quantitative estimate of drug-likeness (QED) is 0.508. The number of nitrogens with one attached hydrogen (secondary N) is 2. The molecule has 8 heteroatoms. The summed E-state index contributed by atoms with van der Waals surface area (Å²) in [5, 5.41) is 11.3. The molecule has 0 spiro atoms. The molecule has 1 amide bonds. The Morgan fingerprint density at radius 2 is 1.94 bits per heavy atom. The Balaban J connectivity index is 1.91. The molecule has 1 heterocycles. The van der Waals surface area contributed by atoms with Crippen molar-refractivity contribution in [2.45, 2.75) is 26.8 Å². The molecule has 2 aromatic carbocycles. The number of nitrogens with zero attached hydrogens (tertiary/aromatic N) is 2. The van der Waals surface area contributed by atoms with Crippen LogP contribution in [0.25, 0.3) is 5.57 Å². The second-order valence-corrected chi connectivity index (χ2v) is 8.78. The lowest BCUT2D eigenvalue weighted by Gasteiger charge is -2.22. The zero-order valence-corrected chi connectivity index (χ0v) is 21.4. The van der Waals surface area contributed by atoms with Gasteiger partial charge in [0.15, 0.2) is 5.78 Å². The van der Waals surface area contributed by atoms with E-state index in [2.05, 4.69) is 11.9 Å². The van der Waals surface area contributed by atoms with Crippen molar-refractivity contribution >= 4 is 28.8 Å². The molecular formula is C27H34N4O4. The molecule has 0 saturated heterocycles. The maximum absolute atomic E-state index is 13.4. The molecule has 1 aliphatic rings. The maximum Gasteiger partial charge on any atom is 0.224 e. The van der Waals surface area contributed by atoms with Crippen LogP contribution in [0.5, 0.6) is 11.5 Å². The highest BCUT2D eigenvalue weighted by Gasteiger charge is 2.29. The van der Waals surface area contributed by atoms with Gasteiger partial charge in [0.05, 0.1) is 32.4 Å². The number of ketones is 1. The van der Waals surface area contributed by atoms with Gasteiger partial charge in [0.2, 0.25) is 5.91 Å². The molecule has 3 rings (SSSR count). The minimum Gasteiger partial charge on any atom is -0.494 e. The van der Waals surface area contributed by atoms with Crippen LogP contribution in [0.2, 0.25) is 0 Å². The average Bonchev–Trinajstić information content (AvgIpc) is 3.12. The van der Waals surface area contributed by atoms with Crippen LogP contribution in [-0.4, -0.2) is 63.8 Å². The summed E-state index contributed by atoms with van der Waals surface area (Å²) in [6, 6.07) is 7.33. The van der Waals surface area contributed by atoms with E-state index in [0.29, 0.717) is 35.8 Å². The molecule has 0 bridgehead atoms. The van der Waals surface area contributed by atoms with Gasteiger partial charge < -0.3 is 24.6 Å². The van der Waals surface area contributed by atoms with Crippen LogP contribution < -0.4 is 19.7 Å². The van der Waals surface area contributed by atoms with E-state index in [9.17, 15) is 9.59 Å². The molecule has 1 aliphatic heterocycles. The number of carbonyl (C=O) groups is 2. The minimum absolute atomic E-state index is 0.0527. The molecule has 0 fully saturated rings. The number of fused-ring (bicyclic) bond motifs is 1. The van der Waals surface area contributed by atoms with Crippen molar-refractivity contribution in [2.75, 3.05) is 46.3 Å². The number of anilines is 1. The summed E-state index contributed by atoms with van der Waals surface area (Å²) in [5.74, 6) is 1.33. The largest absolute Gasteiger partial charge is 0.494 e. The Bertz CT molecular complexity index is 1190. The average molecular weight is 479 g/mol. The number of benzene rings is 2. The van der Waals surface area contributed by atoms with Crippen LogP contribution in [0.4, 0.5) is 5.69 Å². The Morgan fingerprint density at radius 3 is 2.51 bits per heavy atom. The van der Waals surface area contributed by atoms with Gasteiger partial charge >= 0.3 is 0 Å². The smallest absolute Gasteiger partial charge is 0.224 e. The third-order valence-electron chi connectivity index (χ3n) is 6.02. The fraction of sp³-hybridized carbons (Fsp3) is 0.370. The first-order valence-corrected chi connectivity index (χ1v) is 11.5. The zero-order chi connectivity index (χ0) is 25.9. The van der Waals surface area contributed by atoms with Gasteiger partial charge in [-0.1, -0.05) is 6.58 Å². The van der Waals surface area contributed by atoms with Crippen molar-refractivity contribution in [3.8, 4) is 11.5 Å². The van der Waals surface area contributed by atoms with Crippen LogP contribution in [0.3, 0.4) is 0 Å². The van der Waals surface area contributed by atoms with E-state index in [1.165, 1.54) is 0 Å². The number of allylic oxidation sites excluding steroid dienone is 1. The summed E-state index contributed by atoms with van der Waals surface area (Å²) >= 11 is 0. The van der Waals surface area contributed by atoms with E-state index < -0.39 is 0 Å². The molecule has 0 aliphatic carbocycles. The molecule has 0 radical (unpaired) electrons. The lowest BCUT2D eigenvalue weighted by Crippen LogP contribution is -2.30. The number of hydrogen-bond acceptors (Lipinski definition) is 6. The molecule has 0 aromatic heterocycles. The van der Waals surface area contributed by atoms with Crippen LogP contribution in [-0.2, 0) is 17.8 Å². The lowest BCUT2D eigenvalue weighted by molar-refractivity contribution is -0.119. The number of Topliss-reactive ketones (excluding diaryl/α,β-unsaturated/α-hetero) is 1. The summed E-state index contributed by atoms with van der Waals surface area (Å²) in [7, 11) is 6.99. The van der Waals surface area contributed by atoms with E-state index in [1.807, 2.05) is 51.0 Å². The fourth-order valence-corrected chi connectivity index (χ4v) is 4.20. The summed E-state index contributed by atoms with van der Waals surface area (Å²) < 4.78 is 11.4. The Morgan fingerprint density at radius 1 is 1.23 bits per heavy atom. The second-order valence-electron chi connectivity index (χ2n) is 8.78. The number of carbonyl (C=O) groups excluding carboxylic acids is 2. The minimum atomic E-state index is -0.132. The first-order chi connectivity index (χ1) is 16.6. The molecule has 0 saturated carbocycles. The van der Waals surface area contributed by atoms with Crippen molar-refractivity contribution in [1.29, 1.82) is 5.41 Å². The highest BCUT2D eigenvalue weighted by atomic mass is 16.5. The molecule has 186 valence electrons. The fourth-order valence-electron chi connectivity index (χ4n) is 4.20. The van der Waals surface area contributed by atoms with Crippen molar-refractivity contribution in [3.05, 3.63) is 58.7 Å². The number of methoxy groups -OCH3 is 1. The van der Waals surface area contributed by atoms with Crippen molar-refractivity contribution < 1.29 is 19.1 Å². The highest BCUT2D eigenvalue weighted by molar-refractivity contribution is 6.06. The predicted octanol–water partition coefficient (Wildman–Crippen LogP) is 3.51. The molecule has 35 heavy (non-hydrogen) atoms. The van der Waals surface area contributed by atoms with Gasteiger partial charge in [0.25, 0.3) is 0 Å². The summed E-state index contributed by atoms with van der Waals surface area (Å²) in [5.41, 5.74) is 5.24. The van der Waals surface area contributed by atoms with Crippen LogP contribution >= 0.6 is 0 Å². The molecule has 2 N–H and O–H groups in total. The number of rotatable bonds is 10. The SMILES string of the molecule is C=C(C)c1cc(C(=O)CN2Cc3cc(OCC)c(CC(=O)NC)cc3C2=N)cc(N(C)C)c1OC. The van der Waals surface area contributed by atoms with Gasteiger partial charge in [-0.25, -0.2) is 0 Å². The van der Waals surface area contributed by atoms with Gasteiger partial charge in [-0.2, -0.15) is 0 Å². The van der Waals surface area contributed by atoms with E-state index in [1.54, 1.807) is 25.1 Å². The summed E-state index contributed by atoms with van der Waals surface area (Å²) in [4.78, 5) is 29.0. The third kappa shape index (κ3) is 5.31. The predicted molar refractivity (Wildman–Crippen MR) is 139 cm³/mol. The number of amides is 1. The second kappa shape index (κ2) is 10.6. The Kier molecular flexibility index (Phi) is 7.84. The number of likely N-dealkylation sites (N-methyl/N-ethyl adjacent to an activating group) is 1. The Hall–Kier alpha value is -3.81. The van der Waals surface area contributed by atoms with Crippen LogP contribution in [0.1, 0.15) is 46.5 Å². The molecule has 8 nitrogen and oxygen atoms in total. The number of ether oxygens (including phenoxy) is 2. The van der Waals surface area contributed by atoms with Crippen molar-refractivity contribution in [2.24, 2.45) is 0 Å². The monoisotopic (exact) mass is 478 g/mol. The van der Waals surface area contributed by atoms with E-state index in [0.717, 1.165) is 28.0 Å². The lowest BCUT2D eigenvalue weighted by atomic mass is 9.99. The molecule has 0 atom stereocenters. The topological polar surface area (TPSA) is 95.0 Å². The van der Waals surface area contributed by atoms with E-state index in [-0.39, 0.29) is 30.5 Å². The Labute approximate surface area is 207 Å². The number of amidine groups is 1. The molecule has 2 aromatic rings.